The Morgan fingerprint density at radius 3 is 2.66 bits per heavy atom. The molecule has 0 spiro atoms. The van der Waals surface area contributed by atoms with Gasteiger partial charge in [-0.2, -0.15) is 4.98 Å². The van der Waals surface area contributed by atoms with Crippen molar-refractivity contribution in [1.29, 1.82) is 0 Å². The number of benzene rings is 1. The fourth-order valence-electron chi connectivity index (χ4n) is 3.22. The summed E-state index contributed by atoms with van der Waals surface area (Å²) < 4.78 is 5.31. The van der Waals surface area contributed by atoms with Gasteiger partial charge < -0.3 is 19.6 Å². The Hall–Kier alpha value is -3.13. The van der Waals surface area contributed by atoms with Gasteiger partial charge in [0.15, 0.2) is 5.82 Å². The van der Waals surface area contributed by atoms with Crippen LogP contribution in [0, 0.1) is 13.8 Å². The number of halogens is 1. The van der Waals surface area contributed by atoms with Crippen molar-refractivity contribution in [2.45, 2.75) is 13.8 Å². The Morgan fingerprint density at radius 1 is 1.17 bits per heavy atom. The minimum Gasteiger partial charge on any atom is -0.352 e. The molecule has 0 atom stereocenters. The first-order chi connectivity index (χ1) is 14.0. The number of aromatic nitrogens is 3. The molecule has 8 nitrogen and oxygen atoms in total. The Labute approximate surface area is 173 Å². The molecule has 9 heteroatoms. The van der Waals surface area contributed by atoms with Gasteiger partial charge in [0.2, 0.25) is 0 Å². The lowest BCUT2D eigenvalue weighted by Gasteiger charge is -2.35. The van der Waals surface area contributed by atoms with Crippen molar-refractivity contribution in [3.05, 3.63) is 52.9 Å². The molecule has 1 aliphatic rings. The fraction of sp³-hybridized carbons (Fsp3) is 0.300. The molecule has 1 N–H and O–H groups in total. The van der Waals surface area contributed by atoms with Crippen LogP contribution in [0.5, 0.6) is 0 Å². The number of hydrogen-bond donors (Lipinski definition) is 1. The van der Waals surface area contributed by atoms with Gasteiger partial charge in [0.25, 0.3) is 5.89 Å². The van der Waals surface area contributed by atoms with Crippen molar-refractivity contribution in [1.82, 2.24) is 20.0 Å². The Balaban J connectivity index is 1.42. The van der Waals surface area contributed by atoms with Gasteiger partial charge in [-0.25, -0.2) is 9.78 Å². The first-order valence-corrected chi connectivity index (χ1v) is 9.72. The van der Waals surface area contributed by atoms with Crippen LogP contribution in [-0.4, -0.2) is 52.2 Å². The SMILES string of the molecule is Cc1noc(-c2cccnc2N2CCN(C(=O)Nc3ccc(C)c(Cl)c3)CC2)n1. The third kappa shape index (κ3) is 4.17. The molecule has 1 aromatic carbocycles. The van der Waals surface area contributed by atoms with E-state index >= 15 is 0 Å². The van der Waals surface area contributed by atoms with Gasteiger partial charge in [0.1, 0.15) is 5.82 Å². The van der Waals surface area contributed by atoms with Crippen LogP contribution in [0.3, 0.4) is 0 Å². The average Bonchev–Trinajstić information content (AvgIpc) is 3.17. The number of rotatable bonds is 3. The highest BCUT2D eigenvalue weighted by Gasteiger charge is 2.25. The highest BCUT2D eigenvalue weighted by Crippen LogP contribution is 2.28. The molecule has 1 saturated heterocycles. The van der Waals surface area contributed by atoms with E-state index in [4.69, 9.17) is 16.1 Å². The molecule has 0 radical (unpaired) electrons. The molecular weight excluding hydrogens is 392 g/mol. The number of carbonyl (C=O) groups is 1. The molecule has 29 heavy (non-hydrogen) atoms. The summed E-state index contributed by atoms with van der Waals surface area (Å²) in [6.45, 7) is 6.16. The normalized spacial score (nSPS) is 14.2. The molecule has 0 unspecified atom stereocenters. The van der Waals surface area contributed by atoms with E-state index < -0.39 is 0 Å². The van der Waals surface area contributed by atoms with Crippen LogP contribution < -0.4 is 10.2 Å². The number of urea groups is 1. The lowest BCUT2D eigenvalue weighted by atomic mass is 10.2. The average molecular weight is 413 g/mol. The minimum absolute atomic E-state index is 0.140. The zero-order valence-electron chi connectivity index (χ0n) is 16.2. The Morgan fingerprint density at radius 2 is 1.97 bits per heavy atom. The number of nitrogens with zero attached hydrogens (tertiary/aromatic N) is 5. The number of piperazine rings is 1. The zero-order chi connectivity index (χ0) is 20.4. The van der Waals surface area contributed by atoms with Crippen LogP contribution in [0.15, 0.2) is 41.1 Å². The molecule has 3 heterocycles. The van der Waals surface area contributed by atoms with E-state index in [1.807, 2.05) is 31.2 Å². The highest BCUT2D eigenvalue weighted by atomic mass is 35.5. The van der Waals surface area contributed by atoms with E-state index in [0.717, 1.165) is 16.9 Å². The largest absolute Gasteiger partial charge is 0.352 e. The van der Waals surface area contributed by atoms with Crippen LogP contribution in [0.1, 0.15) is 11.4 Å². The summed E-state index contributed by atoms with van der Waals surface area (Å²) >= 11 is 6.14. The maximum atomic E-state index is 12.6. The molecule has 2 aromatic heterocycles. The first-order valence-electron chi connectivity index (χ1n) is 9.34. The molecule has 0 bridgehead atoms. The summed E-state index contributed by atoms with van der Waals surface area (Å²) in [5.41, 5.74) is 2.45. The Bertz CT molecular complexity index is 1030. The number of carbonyl (C=O) groups excluding carboxylic acids is 1. The van der Waals surface area contributed by atoms with Crippen molar-refractivity contribution in [3.8, 4) is 11.5 Å². The van der Waals surface area contributed by atoms with Crippen molar-refractivity contribution in [3.63, 3.8) is 0 Å². The summed E-state index contributed by atoms with van der Waals surface area (Å²) in [6.07, 6.45) is 1.74. The number of anilines is 2. The van der Waals surface area contributed by atoms with Gasteiger partial charge in [0, 0.05) is 43.1 Å². The molecule has 3 aromatic rings. The van der Waals surface area contributed by atoms with Crippen molar-refractivity contribution >= 4 is 29.1 Å². The third-order valence-corrected chi connectivity index (χ3v) is 5.24. The van der Waals surface area contributed by atoms with E-state index in [2.05, 4.69) is 25.3 Å². The molecule has 150 valence electrons. The van der Waals surface area contributed by atoms with Crippen molar-refractivity contribution < 1.29 is 9.32 Å². The first kappa shape index (κ1) is 19.2. The summed E-state index contributed by atoms with van der Waals surface area (Å²) in [7, 11) is 0. The lowest BCUT2D eigenvalue weighted by Crippen LogP contribution is -2.50. The van der Waals surface area contributed by atoms with E-state index in [9.17, 15) is 4.79 Å². The van der Waals surface area contributed by atoms with Crippen LogP contribution in [-0.2, 0) is 0 Å². The second kappa shape index (κ2) is 8.08. The van der Waals surface area contributed by atoms with Crippen LogP contribution in [0.4, 0.5) is 16.3 Å². The summed E-state index contributed by atoms with van der Waals surface area (Å²) in [4.78, 5) is 25.3. The van der Waals surface area contributed by atoms with Gasteiger partial charge in [-0.1, -0.05) is 22.8 Å². The standard InChI is InChI=1S/C20H21ClN6O2/c1-13-5-6-15(12-17(13)21)24-20(28)27-10-8-26(9-11-27)18-16(4-3-7-22-18)19-23-14(2)25-29-19/h3-7,12H,8-11H2,1-2H3,(H,24,28). The summed E-state index contributed by atoms with van der Waals surface area (Å²) in [5, 5.41) is 7.40. The predicted molar refractivity (Wildman–Crippen MR) is 111 cm³/mol. The summed E-state index contributed by atoms with van der Waals surface area (Å²) in [5.74, 6) is 1.80. The molecule has 0 aliphatic carbocycles. The molecule has 1 aliphatic heterocycles. The van der Waals surface area contributed by atoms with Gasteiger partial charge in [0.05, 0.1) is 5.56 Å². The topological polar surface area (TPSA) is 87.4 Å². The second-order valence-corrected chi connectivity index (χ2v) is 7.30. The number of aryl methyl sites for hydroxylation is 2. The molecular formula is C20H21ClN6O2. The van der Waals surface area contributed by atoms with Crippen LogP contribution >= 0.6 is 11.6 Å². The fourth-order valence-corrected chi connectivity index (χ4v) is 3.40. The molecule has 4 rings (SSSR count). The Kier molecular flexibility index (Phi) is 5.35. The smallest absolute Gasteiger partial charge is 0.321 e. The maximum absolute atomic E-state index is 12.6. The third-order valence-electron chi connectivity index (χ3n) is 4.83. The maximum Gasteiger partial charge on any atom is 0.321 e. The molecule has 0 saturated carbocycles. The van der Waals surface area contributed by atoms with Crippen molar-refractivity contribution in [2.24, 2.45) is 0 Å². The van der Waals surface area contributed by atoms with Gasteiger partial charge >= 0.3 is 6.03 Å². The van der Waals surface area contributed by atoms with E-state index in [-0.39, 0.29) is 6.03 Å². The quantitative estimate of drug-likeness (QED) is 0.704. The second-order valence-electron chi connectivity index (χ2n) is 6.89. The van der Waals surface area contributed by atoms with Crippen LogP contribution in [0.2, 0.25) is 5.02 Å². The van der Waals surface area contributed by atoms with E-state index in [1.54, 1.807) is 24.1 Å². The van der Waals surface area contributed by atoms with E-state index in [0.29, 0.717) is 48.6 Å². The summed E-state index contributed by atoms with van der Waals surface area (Å²) in [6, 6.07) is 9.11. The molecule has 2 amide bonds. The van der Waals surface area contributed by atoms with Gasteiger partial charge in [-0.05, 0) is 43.7 Å². The minimum atomic E-state index is -0.140. The predicted octanol–water partition coefficient (Wildman–Crippen LogP) is 3.76. The number of nitrogens with one attached hydrogen (secondary N) is 1. The number of pyridine rings is 1. The van der Waals surface area contributed by atoms with Crippen LogP contribution in [0.25, 0.3) is 11.5 Å². The highest BCUT2D eigenvalue weighted by molar-refractivity contribution is 6.31. The molecule has 1 fully saturated rings. The van der Waals surface area contributed by atoms with Gasteiger partial charge in [-0.3, -0.25) is 0 Å². The van der Waals surface area contributed by atoms with E-state index in [1.165, 1.54) is 0 Å². The van der Waals surface area contributed by atoms with Crippen molar-refractivity contribution in [2.75, 3.05) is 36.4 Å². The number of amides is 2. The zero-order valence-corrected chi connectivity index (χ0v) is 17.0. The van der Waals surface area contributed by atoms with Gasteiger partial charge in [-0.15, -0.1) is 0 Å². The number of hydrogen-bond acceptors (Lipinski definition) is 6. The lowest BCUT2D eigenvalue weighted by molar-refractivity contribution is 0.208. The monoisotopic (exact) mass is 412 g/mol.